The molecule has 0 atom stereocenters. The number of rotatable bonds is 7. The number of alkyl halides is 3. The summed E-state index contributed by atoms with van der Waals surface area (Å²) in [5.41, 5.74) is 0. The van der Waals surface area contributed by atoms with Gasteiger partial charge in [0, 0.05) is 0 Å². The van der Waals surface area contributed by atoms with Crippen LogP contribution in [0.5, 0.6) is 0 Å². The van der Waals surface area contributed by atoms with Gasteiger partial charge in [0.05, 0.1) is 19.5 Å². The van der Waals surface area contributed by atoms with Crippen molar-refractivity contribution in [2.24, 2.45) is 0 Å². The largest absolute Gasteiger partial charge is 0.362 e. The van der Waals surface area contributed by atoms with Gasteiger partial charge in [-0.1, -0.05) is 34.8 Å². The second-order valence-corrected chi connectivity index (χ2v) is 7.14. The van der Waals surface area contributed by atoms with Crippen molar-refractivity contribution in [1.29, 1.82) is 0 Å². The van der Waals surface area contributed by atoms with Gasteiger partial charge in [-0.15, -0.1) is 0 Å². The van der Waals surface area contributed by atoms with E-state index in [0.717, 1.165) is 0 Å². The fourth-order valence-corrected chi connectivity index (χ4v) is 1.52. The number of nitrogens with one attached hydrogen (secondary N) is 1. The Hall–Kier alpha value is 0.940. The molecule has 15 heavy (non-hydrogen) atoms. The molecule has 0 rings (SSSR count). The Morgan fingerprint density at radius 3 is 2.40 bits per heavy atom. The van der Waals surface area contributed by atoms with Crippen LogP contribution in [0.1, 0.15) is 6.42 Å². The monoisotopic (exact) mass is 299 g/mol. The normalized spacial score (nSPS) is 13.1. The average Bonchev–Trinajstić information content (AvgIpc) is 1.98. The van der Waals surface area contributed by atoms with Crippen LogP contribution in [0, 0.1) is 0 Å². The SMILES string of the molecule is O=P(O)(O)CCCNCOCC(Cl)(Cl)Cl. The lowest BCUT2D eigenvalue weighted by atomic mass is 10.5. The third-order valence-electron chi connectivity index (χ3n) is 1.27. The van der Waals surface area contributed by atoms with E-state index in [0.29, 0.717) is 13.0 Å². The highest BCUT2D eigenvalue weighted by atomic mass is 35.6. The quantitative estimate of drug-likeness (QED) is 0.287. The predicted octanol–water partition coefficient (Wildman–Crippen LogP) is 1.49. The molecule has 0 aliphatic heterocycles. The van der Waals surface area contributed by atoms with Gasteiger partial charge in [0.2, 0.25) is 3.79 Å². The molecular formula is C6H13Cl3NO4P. The highest BCUT2D eigenvalue weighted by Crippen LogP contribution is 2.34. The molecule has 0 aliphatic carbocycles. The third-order valence-corrected chi connectivity index (χ3v) is 2.50. The molecule has 9 heteroatoms. The molecule has 0 bridgehead atoms. The summed E-state index contributed by atoms with van der Waals surface area (Å²) in [5.74, 6) is 0. The smallest absolute Gasteiger partial charge is 0.325 e. The van der Waals surface area contributed by atoms with E-state index in [1.54, 1.807) is 0 Å². The molecule has 0 aromatic heterocycles. The lowest BCUT2D eigenvalue weighted by molar-refractivity contribution is 0.121. The van der Waals surface area contributed by atoms with Crippen molar-refractivity contribution in [3.05, 3.63) is 0 Å². The Morgan fingerprint density at radius 1 is 1.33 bits per heavy atom. The summed E-state index contributed by atoms with van der Waals surface area (Å²) in [6.45, 7) is 0.573. The van der Waals surface area contributed by atoms with Crippen LogP contribution in [0.2, 0.25) is 0 Å². The summed E-state index contributed by atoms with van der Waals surface area (Å²) < 4.78 is 13.9. The van der Waals surface area contributed by atoms with Crippen molar-refractivity contribution in [2.45, 2.75) is 10.2 Å². The fourth-order valence-electron chi connectivity index (χ4n) is 0.721. The third kappa shape index (κ3) is 14.9. The Bertz CT molecular complexity index is 217. The maximum absolute atomic E-state index is 10.4. The van der Waals surface area contributed by atoms with Crippen LogP contribution < -0.4 is 5.32 Å². The first kappa shape index (κ1) is 15.9. The zero-order chi connectivity index (χ0) is 11.9. The summed E-state index contributed by atoms with van der Waals surface area (Å²) in [7, 11) is -3.89. The van der Waals surface area contributed by atoms with E-state index >= 15 is 0 Å². The summed E-state index contributed by atoms with van der Waals surface area (Å²) in [4.78, 5) is 17.1. The van der Waals surface area contributed by atoms with Crippen LogP contribution in [-0.4, -0.2) is 39.6 Å². The Kier molecular flexibility index (Phi) is 7.76. The van der Waals surface area contributed by atoms with Gasteiger partial charge in [-0.25, -0.2) is 0 Å². The molecular weight excluding hydrogens is 287 g/mol. The fraction of sp³-hybridized carbons (Fsp3) is 1.00. The van der Waals surface area contributed by atoms with Gasteiger partial charge in [0.25, 0.3) is 0 Å². The van der Waals surface area contributed by atoms with Crippen LogP contribution in [0.25, 0.3) is 0 Å². The molecule has 0 aromatic carbocycles. The average molecular weight is 301 g/mol. The van der Waals surface area contributed by atoms with Crippen molar-refractivity contribution in [2.75, 3.05) is 26.0 Å². The van der Waals surface area contributed by atoms with Gasteiger partial charge < -0.3 is 14.5 Å². The van der Waals surface area contributed by atoms with Crippen LogP contribution >= 0.6 is 42.4 Å². The van der Waals surface area contributed by atoms with Gasteiger partial charge in [-0.2, -0.15) is 0 Å². The number of hydrogen-bond donors (Lipinski definition) is 3. The van der Waals surface area contributed by atoms with Crippen LogP contribution in [0.4, 0.5) is 0 Å². The molecule has 5 nitrogen and oxygen atoms in total. The molecule has 0 fully saturated rings. The van der Waals surface area contributed by atoms with Crippen LogP contribution in [-0.2, 0) is 9.30 Å². The van der Waals surface area contributed by atoms with Gasteiger partial charge in [0.1, 0.15) is 0 Å². The second kappa shape index (κ2) is 7.30. The standard InChI is InChI=1S/C6H13Cl3NO4P/c7-6(8,9)4-14-5-10-2-1-3-15(11,12)13/h10H,1-5H2,(H2,11,12,13). The van der Waals surface area contributed by atoms with Gasteiger partial charge >= 0.3 is 7.60 Å². The summed E-state index contributed by atoms with van der Waals surface area (Å²) >= 11 is 16.2. The molecule has 0 spiro atoms. The minimum absolute atomic E-state index is 0.0385. The molecule has 0 amide bonds. The van der Waals surface area contributed by atoms with E-state index in [-0.39, 0.29) is 19.5 Å². The number of halogens is 3. The van der Waals surface area contributed by atoms with Crippen molar-refractivity contribution in [3.8, 4) is 0 Å². The van der Waals surface area contributed by atoms with E-state index in [1.807, 2.05) is 0 Å². The van der Waals surface area contributed by atoms with E-state index in [9.17, 15) is 4.57 Å². The van der Waals surface area contributed by atoms with Crippen molar-refractivity contribution >= 4 is 42.4 Å². The minimum atomic E-state index is -3.89. The molecule has 0 radical (unpaired) electrons. The molecule has 0 saturated carbocycles. The first-order valence-electron chi connectivity index (χ1n) is 4.10. The molecule has 3 N–H and O–H groups in total. The minimum Gasteiger partial charge on any atom is -0.362 e. The molecule has 0 heterocycles. The Labute approximate surface area is 103 Å². The van der Waals surface area contributed by atoms with E-state index < -0.39 is 11.4 Å². The summed E-state index contributed by atoms with van der Waals surface area (Å²) in [5, 5.41) is 2.79. The Morgan fingerprint density at radius 2 is 1.93 bits per heavy atom. The van der Waals surface area contributed by atoms with E-state index in [4.69, 9.17) is 49.3 Å². The molecule has 0 aromatic rings. The van der Waals surface area contributed by atoms with Gasteiger partial charge in [-0.05, 0) is 13.0 Å². The first-order valence-corrected chi connectivity index (χ1v) is 7.04. The van der Waals surface area contributed by atoms with Crippen LogP contribution in [0.15, 0.2) is 0 Å². The molecule has 0 aliphatic rings. The number of ether oxygens (including phenoxy) is 1. The summed E-state index contributed by atoms with van der Waals surface area (Å²) in [6.07, 6.45) is 0.214. The maximum Gasteiger partial charge on any atom is 0.325 e. The highest BCUT2D eigenvalue weighted by Gasteiger charge is 2.19. The van der Waals surface area contributed by atoms with E-state index in [2.05, 4.69) is 5.32 Å². The van der Waals surface area contributed by atoms with E-state index in [1.165, 1.54) is 0 Å². The predicted molar refractivity (Wildman–Crippen MR) is 60.6 cm³/mol. The summed E-state index contributed by atoms with van der Waals surface area (Å²) in [6, 6.07) is 0. The number of hydrogen-bond acceptors (Lipinski definition) is 3. The van der Waals surface area contributed by atoms with Crippen molar-refractivity contribution < 1.29 is 19.1 Å². The second-order valence-electron chi connectivity index (χ2n) is 2.85. The zero-order valence-electron chi connectivity index (χ0n) is 7.83. The van der Waals surface area contributed by atoms with Gasteiger partial charge in [-0.3, -0.25) is 9.88 Å². The Balaban J connectivity index is 3.23. The molecule has 0 unspecified atom stereocenters. The molecule has 92 valence electrons. The highest BCUT2D eigenvalue weighted by molar-refractivity contribution is 7.51. The van der Waals surface area contributed by atoms with Crippen LogP contribution in [0.3, 0.4) is 0 Å². The van der Waals surface area contributed by atoms with Crippen molar-refractivity contribution in [3.63, 3.8) is 0 Å². The first-order chi connectivity index (χ1) is 6.71. The van der Waals surface area contributed by atoms with Gasteiger partial charge in [0.15, 0.2) is 0 Å². The van der Waals surface area contributed by atoms with Crippen molar-refractivity contribution in [1.82, 2.24) is 5.32 Å². The topological polar surface area (TPSA) is 78.8 Å². The lowest BCUT2D eigenvalue weighted by Gasteiger charge is -2.11. The molecule has 0 saturated heterocycles. The maximum atomic E-state index is 10.4. The lowest BCUT2D eigenvalue weighted by Crippen LogP contribution is -2.23. The zero-order valence-corrected chi connectivity index (χ0v) is 11.0.